The fraction of sp³-hybridized carbons (Fsp3) is 0.167. The van der Waals surface area contributed by atoms with Crippen LogP contribution in [-0.4, -0.2) is 0 Å². The van der Waals surface area contributed by atoms with Gasteiger partial charge in [-0.2, -0.15) is 11.3 Å². The molecule has 2 rings (SSSR count). The molecular weight excluding hydrogens is 322 g/mol. The van der Waals surface area contributed by atoms with Gasteiger partial charge in [0, 0.05) is 15.4 Å². The Bertz CT molecular complexity index is 571. The molecule has 0 bridgehead atoms. The average molecular weight is 333 g/mol. The fourth-order valence-corrected chi connectivity index (χ4v) is 3.32. The van der Waals surface area contributed by atoms with Crippen LogP contribution < -0.4 is 11.3 Å². The molecule has 1 atom stereocenters. The summed E-state index contributed by atoms with van der Waals surface area (Å²) in [5, 5.41) is 3.64. The highest BCUT2D eigenvalue weighted by atomic mass is 79.9. The maximum absolute atomic E-state index is 14.1. The van der Waals surface area contributed by atoms with Gasteiger partial charge in [-0.05, 0) is 45.4 Å². The molecule has 0 aliphatic heterocycles. The second-order valence-electron chi connectivity index (χ2n) is 3.87. The van der Waals surface area contributed by atoms with Crippen LogP contribution in [0.1, 0.15) is 22.7 Å². The second-order valence-corrected chi connectivity index (χ2v) is 5.46. The summed E-state index contributed by atoms with van der Waals surface area (Å²) in [6.45, 7) is 1.59. The highest BCUT2D eigenvalue weighted by Gasteiger charge is 2.24. The average Bonchev–Trinajstić information content (AvgIpc) is 2.76. The summed E-state index contributed by atoms with van der Waals surface area (Å²) in [7, 11) is 0. The van der Waals surface area contributed by atoms with Crippen molar-refractivity contribution in [2.45, 2.75) is 13.0 Å². The summed E-state index contributed by atoms with van der Waals surface area (Å²) in [6.07, 6.45) is 0. The molecule has 1 aromatic carbocycles. The van der Waals surface area contributed by atoms with E-state index in [-0.39, 0.29) is 5.56 Å². The van der Waals surface area contributed by atoms with E-state index in [9.17, 15) is 8.78 Å². The molecule has 3 N–H and O–H groups in total. The first-order valence-electron chi connectivity index (χ1n) is 5.18. The predicted octanol–water partition coefficient (Wildman–Crippen LogP) is 3.65. The Hall–Kier alpha value is -0.820. The van der Waals surface area contributed by atoms with Gasteiger partial charge in [-0.15, -0.1) is 0 Å². The number of halogens is 3. The summed E-state index contributed by atoms with van der Waals surface area (Å²) >= 11 is 4.78. The number of aryl methyl sites for hydroxylation is 1. The number of benzene rings is 1. The molecule has 0 aliphatic carbocycles. The van der Waals surface area contributed by atoms with E-state index in [2.05, 4.69) is 21.4 Å². The first kappa shape index (κ1) is 13.6. The standard InChI is InChI=1S/C12H11BrF2N2S/c1-6-2-3-9(14)10(11(6)15)12(17-16)7-4-18-5-8(7)13/h2-5,12,17H,16H2,1H3. The van der Waals surface area contributed by atoms with E-state index in [4.69, 9.17) is 5.84 Å². The molecule has 1 unspecified atom stereocenters. The van der Waals surface area contributed by atoms with Crippen LogP contribution >= 0.6 is 27.3 Å². The minimum absolute atomic E-state index is 0.0587. The molecule has 0 fully saturated rings. The molecule has 1 heterocycles. The van der Waals surface area contributed by atoms with Gasteiger partial charge in [0.2, 0.25) is 0 Å². The second kappa shape index (κ2) is 5.44. The maximum Gasteiger partial charge on any atom is 0.134 e. The van der Waals surface area contributed by atoms with Gasteiger partial charge in [0.25, 0.3) is 0 Å². The highest BCUT2D eigenvalue weighted by Crippen LogP contribution is 2.34. The number of thiophene rings is 1. The first-order chi connectivity index (χ1) is 8.56. The molecule has 2 nitrogen and oxygen atoms in total. The van der Waals surface area contributed by atoms with Gasteiger partial charge in [-0.25, -0.2) is 14.2 Å². The summed E-state index contributed by atoms with van der Waals surface area (Å²) in [6, 6.07) is 1.94. The quantitative estimate of drug-likeness (QED) is 0.665. The number of rotatable bonds is 3. The van der Waals surface area contributed by atoms with E-state index in [1.54, 1.807) is 12.3 Å². The van der Waals surface area contributed by atoms with E-state index >= 15 is 0 Å². The third-order valence-electron chi connectivity index (χ3n) is 2.73. The smallest absolute Gasteiger partial charge is 0.134 e. The van der Waals surface area contributed by atoms with Crippen molar-refractivity contribution in [1.29, 1.82) is 0 Å². The van der Waals surface area contributed by atoms with Crippen molar-refractivity contribution < 1.29 is 8.78 Å². The van der Waals surface area contributed by atoms with Gasteiger partial charge in [-0.1, -0.05) is 6.07 Å². The van der Waals surface area contributed by atoms with Gasteiger partial charge in [0.05, 0.1) is 6.04 Å². The monoisotopic (exact) mass is 332 g/mol. The zero-order chi connectivity index (χ0) is 13.3. The SMILES string of the molecule is Cc1ccc(F)c(C(NN)c2cscc2Br)c1F. The van der Waals surface area contributed by atoms with Crippen molar-refractivity contribution >= 4 is 27.3 Å². The van der Waals surface area contributed by atoms with E-state index in [0.29, 0.717) is 11.1 Å². The largest absolute Gasteiger partial charge is 0.271 e. The number of hydrogen-bond acceptors (Lipinski definition) is 3. The van der Waals surface area contributed by atoms with Crippen molar-refractivity contribution in [3.05, 3.63) is 55.7 Å². The summed E-state index contributed by atoms with van der Waals surface area (Å²) in [4.78, 5) is 0. The van der Waals surface area contributed by atoms with Crippen molar-refractivity contribution in [3.63, 3.8) is 0 Å². The molecule has 96 valence electrons. The molecule has 18 heavy (non-hydrogen) atoms. The van der Waals surface area contributed by atoms with E-state index in [0.717, 1.165) is 4.47 Å². The van der Waals surface area contributed by atoms with E-state index in [1.165, 1.54) is 23.5 Å². The molecule has 0 amide bonds. The van der Waals surface area contributed by atoms with Gasteiger partial charge in [0.15, 0.2) is 0 Å². The Kier molecular flexibility index (Phi) is 4.11. The predicted molar refractivity (Wildman–Crippen MR) is 72.3 cm³/mol. The molecule has 0 aliphatic rings. The molecule has 2 aromatic rings. The normalized spacial score (nSPS) is 12.7. The van der Waals surface area contributed by atoms with Crippen LogP contribution in [0.3, 0.4) is 0 Å². The molecule has 0 saturated carbocycles. The lowest BCUT2D eigenvalue weighted by atomic mass is 9.98. The van der Waals surface area contributed by atoms with E-state index in [1.807, 2.05) is 5.38 Å². The molecular formula is C12H11BrF2N2S. The Morgan fingerprint density at radius 1 is 1.33 bits per heavy atom. The topological polar surface area (TPSA) is 38.0 Å². The number of nitrogens with two attached hydrogens (primary N) is 1. The van der Waals surface area contributed by atoms with Crippen LogP contribution in [0, 0.1) is 18.6 Å². The van der Waals surface area contributed by atoms with Crippen LogP contribution in [0.15, 0.2) is 27.4 Å². The van der Waals surface area contributed by atoms with Crippen molar-refractivity contribution in [2.24, 2.45) is 5.84 Å². The maximum atomic E-state index is 14.1. The summed E-state index contributed by atoms with van der Waals surface area (Å²) in [5.74, 6) is 4.27. The Labute approximate surface area is 116 Å². The van der Waals surface area contributed by atoms with Gasteiger partial charge < -0.3 is 0 Å². The molecule has 1 aromatic heterocycles. The molecule has 0 saturated heterocycles. The number of nitrogens with one attached hydrogen (secondary N) is 1. The van der Waals surface area contributed by atoms with Crippen LogP contribution in [0.5, 0.6) is 0 Å². The number of hydrogen-bond donors (Lipinski definition) is 2. The third-order valence-corrected chi connectivity index (χ3v) is 4.48. The van der Waals surface area contributed by atoms with E-state index < -0.39 is 17.7 Å². The van der Waals surface area contributed by atoms with Gasteiger partial charge in [0.1, 0.15) is 11.6 Å². The zero-order valence-electron chi connectivity index (χ0n) is 9.51. The lowest BCUT2D eigenvalue weighted by Gasteiger charge is -2.18. The Morgan fingerprint density at radius 3 is 2.61 bits per heavy atom. The first-order valence-corrected chi connectivity index (χ1v) is 6.92. The third kappa shape index (κ3) is 2.33. The van der Waals surface area contributed by atoms with Crippen LogP contribution in [-0.2, 0) is 0 Å². The lowest BCUT2D eigenvalue weighted by molar-refractivity contribution is 0.506. The van der Waals surface area contributed by atoms with Crippen LogP contribution in [0.4, 0.5) is 8.78 Å². The lowest BCUT2D eigenvalue weighted by Crippen LogP contribution is -2.30. The minimum atomic E-state index is -0.717. The minimum Gasteiger partial charge on any atom is -0.271 e. The van der Waals surface area contributed by atoms with Gasteiger partial charge >= 0.3 is 0 Å². The van der Waals surface area contributed by atoms with Crippen LogP contribution in [0.2, 0.25) is 0 Å². The number of hydrazine groups is 1. The Morgan fingerprint density at radius 2 is 2.06 bits per heavy atom. The molecule has 0 spiro atoms. The molecule has 0 radical (unpaired) electrons. The summed E-state index contributed by atoms with van der Waals surface area (Å²) < 4.78 is 28.7. The fourth-order valence-electron chi connectivity index (χ4n) is 1.77. The van der Waals surface area contributed by atoms with Crippen molar-refractivity contribution in [1.82, 2.24) is 5.43 Å². The highest BCUT2D eigenvalue weighted by molar-refractivity contribution is 9.10. The van der Waals surface area contributed by atoms with Crippen molar-refractivity contribution in [3.8, 4) is 0 Å². The molecule has 6 heteroatoms. The van der Waals surface area contributed by atoms with Crippen molar-refractivity contribution in [2.75, 3.05) is 0 Å². The van der Waals surface area contributed by atoms with Crippen LogP contribution in [0.25, 0.3) is 0 Å². The zero-order valence-corrected chi connectivity index (χ0v) is 11.9. The Balaban J connectivity index is 2.59. The van der Waals surface area contributed by atoms with Gasteiger partial charge in [-0.3, -0.25) is 5.84 Å². The summed E-state index contributed by atoms with van der Waals surface area (Å²) in [5.41, 5.74) is 3.51.